The van der Waals surface area contributed by atoms with Crippen LogP contribution in [0.4, 0.5) is 0 Å². The first-order chi connectivity index (χ1) is 16.6. The lowest BCUT2D eigenvalue weighted by molar-refractivity contribution is -0.147. The third-order valence-electron chi connectivity index (χ3n) is 6.79. The maximum absolute atomic E-state index is 13.6. The van der Waals surface area contributed by atoms with Crippen molar-refractivity contribution in [2.75, 3.05) is 51.0 Å². The third kappa shape index (κ3) is 6.16. The van der Waals surface area contributed by atoms with Gasteiger partial charge in [0.25, 0.3) is 0 Å². The highest BCUT2D eigenvalue weighted by Crippen LogP contribution is 2.55. The number of esters is 1. The van der Waals surface area contributed by atoms with Crippen molar-refractivity contribution < 1.29 is 42.0 Å². The smallest absolute Gasteiger partial charge is 0.309 e. The van der Waals surface area contributed by atoms with Gasteiger partial charge >= 0.3 is 5.97 Å². The van der Waals surface area contributed by atoms with Gasteiger partial charge in [-0.25, -0.2) is 0 Å². The summed E-state index contributed by atoms with van der Waals surface area (Å²) in [4.78, 5) is 39.2. The Bertz CT molecular complexity index is 906. The molecule has 2 bridgehead atoms. The number of carbonyl (C=O) groups is 3. The first-order valence-electron chi connectivity index (χ1n) is 12.4. The predicted molar refractivity (Wildman–Crippen MR) is 130 cm³/mol. The van der Waals surface area contributed by atoms with E-state index in [0.29, 0.717) is 6.42 Å². The summed E-state index contributed by atoms with van der Waals surface area (Å²) in [5.41, 5.74) is 0. The molecule has 12 heteroatoms. The van der Waals surface area contributed by atoms with E-state index < -0.39 is 38.5 Å². The Kier molecular flexibility index (Phi) is 9.55. The van der Waals surface area contributed by atoms with E-state index in [9.17, 15) is 23.5 Å². The fourth-order valence-electron chi connectivity index (χ4n) is 5.03. The predicted octanol–water partition coefficient (Wildman–Crippen LogP) is 3.14. The Labute approximate surface area is 207 Å². The molecule has 35 heavy (non-hydrogen) atoms. The highest BCUT2D eigenvalue weighted by Gasteiger charge is 2.60. The van der Waals surface area contributed by atoms with E-state index in [1.807, 2.05) is 19.1 Å². The molecule has 0 radical (unpaired) electrons. The number of fused-ring (bicyclic) bond motifs is 5. The molecule has 3 aliphatic heterocycles. The van der Waals surface area contributed by atoms with Gasteiger partial charge in [0.2, 0.25) is 26.6 Å². The number of nitrogens with zero attached hydrogens (tertiary/aromatic N) is 1. The average molecular weight is 533 g/mol. The minimum absolute atomic E-state index is 0.00450. The maximum Gasteiger partial charge on any atom is 0.309 e. The van der Waals surface area contributed by atoms with Crippen molar-refractivity contribution in [1.29, 1.82) is 0 Å². The topological polar surface area (TPSA) is 126 Å². The van der Waals surface area contributed by atoms with Crippen molar-refractivity contribution in [1.82, 2.24) is 4.90 Å². The number of hydrogen-bond acceptors (Lipinski definition) is 9. The lowest BCUT2D eigenvalue weighted by Gasteiger charge is -2.26. The van der Waals surface area contributed by atoms with Crippen LogP contribution in [0.2, 0.25) is 0 Å². The van der Waals surface area contributed by atoms with Gasteiger partial charge in [-0.2, -0.15) is 0 Å². The summed E-state index contributed by atoms with van der Waals surface area (Å²) < 4.78 is 49.1. The second kappa shape index (κ2) is 11.8. The number of rotatable bonds is 15. The first kappa shape index (κ1) is 28.3. The van der Waals surface area contributed by atoms with E-state index in [4.69, 9.17) is 18.5 Å². The van der Waals surface area contributed by atoms with Gasteiger partial charge in [0.05, 0.1) is 49.8 Å². The molecule has 10 nitrogen and oxygen atoms in total. The summed E-state index contributed by atoms with van der Waals surface area (Å²) in [7, 11) is -6.65. The zero-order valence-electron chi connectivity index (χ0n) is 20.9. The van der Waals surface area contributed by atoms with Crippen molar-refractivity contribution >= 4 is 32.5 Å². The van der Waals surface area contributed by atoms with Crippen LogP contribution < -0.4 is 0 Å². The van der Waals surface area contributed by atoms with Crippen LogP contribution in [0.3, 0.4) is 0 Å². The van der Waals surface area contributed by atoms with Gasteiger partial charge in [-0.15, -0.1) is 0 Å². The number of likely N-dealkylation sites (tertiary alicyclic amines) is 1. The van der Waals surface area contributed by atoms with Crippen LogP contribution in [0.25, 0.3) is 0 Å². The number of imide groups is 1. The molecule has 2 saturated heterocycles. The Morgan fingerprint density at radius 1 is 0.914 bits per heavy atom. The molecular formula is C23H37NO9P2. The van der Waals surface area contributed by atoms with Crippen LogP contribution in [-0.2, 0) is 42.0 Å². The molecule has 3 rings (SSSR count). The van der Waals surface area contributed by atoms with Gasteiger partial charge in [0.1, 0.15) is 0 Å². The number of carbonyl (C=O) groups excluding carboxylic acids is 3. The van der Waals surface area contributed by atoms with E-state index in [1.165, 1.54) is 4.90 Å². The quantitative estimate of drug-likeness (QED) is 0.135. The summed E-state index contributed by atoms with van der Waals surface area (Å²) in [5, 5.41) is 0. The largest absolute Gasteiger partial charge is 0.466 e. The van der Waals surface area contributed by atoms with Crippen LogP contribution >= 0.6 is 14.7 Å². The Morgan fingerprint density at radius 2 is 1.46 bits per heavy atom. The molecule has 0 aromatic rings. The van der Waals surface area contributed by atoms with Gasteiger partial charge in [-0.3, -0.25) is 28.4 Å². The van der Waals surface area contributed by atoms with Gasteiger partial charge < -0.3 is 18.5 Å². The normalized spacial score (nSPS) is 29.2. The molecule has 3 heterocycles. The van der Waals surface area contributed by atoms with Crippen LogP contribution in [0, 0.1) is 17.8 Å². The van der Waals surface area contributed by atoms with E-state index in [2.05, 4.69) is 0 Å². The van der Waals surface area contributed by atoms with E-state index in [-0.39, 0.29) is 75.0 Å². The van der Waals surface area contributed by atoms with Gasteiger partial charge in [0.15, 0.2) is 0 Å². The van der Waals surface area contributed by atoms with E-state index in [0.717, 1.165) is 0 Å². The third-order valence-corrected chi connectivity index (χ3v) is 12.3. The molecular weight excluding hydrogens is 496 g/mol. The molecule has 0 saturated carbocycles. The van der Waals surface area contributed by atoms with Crippen molar-refractivity contribution in [3.05, 3.63) is 12.2 Å². The molecule has 2 fully saturated rings. The Balaban J connectivity index is 1.65. The maximum atomic E-state index is 13.6. The number of hydrogen-bond donors (Lipinski definition) is 0. The summed E-state index contributed by atoms with van der Waals surface area (Å²) in [5.74, 6) is -2.65. The number of ether oxygens (including phenoxy) is 2. The van der Waals surface area contributed by atoms with Crippen molar-refractivity contribution in [2.24, 2.45) is 17.8 Å². The Hall–Kier alpha value is -1.31. The van der Waals surface area contributed by atoms with Crippen LogP contribution in [-0.4, -0.2) is 85.9 Å². The van der Waals surface area contributed by atoms with Gasteiger partial charge in [-0.1, -0.05) is 19.1 Å². The SMILES string of the molecule is CCOC(=O)C(CC)CP(=O)(CCP(=O)(CCN1C(=O)C2[C@@H]3C=C[C@@H](O3)[C@@H]2C1=O)OCC)OCC. The summed E-state index contributed by atoms with van der Waals surface area (Å²) in [6.07, 6.45) is 3.24. The summed E-state index contributed by atoms with van der Waals surface area (Å²) in [6.45, 7) is 7.51. The minimum Gasteiger partial charge on any atom is -0.466 e. The summed E-state index contributed by atoms with van der Waals surface area (Å²) >= 11 is 0. The molecule has 0 spiro atoms. The molecule has 0 aliphatic carbocycles. The molecule has 0 aromatic heterocycles. The first-order valence-corrected chi connectivity index (χ1v) is 16.4. The second-order valence-corrected chi connectivity index (χ2v) is 14.5. The molecule has 3 aliphatic rings. The average Bonchev–Trinajstić information content (AvgIpc) is 3.50. The van der Waals surface area contributed by atoms with Gasteiger partial charge in [0, 0.05) is 31.2 Å². The highest BCUT2D eigenvalue weighted by atomic mass is 31.2. The second-order valence-electron chi connectivity index (χ2n) is 9.01. The standard InChI is InChI=1S/C23H37NO9P2/c1-5-16(23(27)30-6-2)15-35(29,32-8-4)14-13-34(28,31-7-3)12-11-24-21(25)19-17-9-10-18(33-17)20(19)22(24)26/h9-10,16-20H,5-8,11-15H2,1-4H3/t16?,17-,18+,19+,20?,34?,35?/m1/s1. The monoisotopic (exact) mass is 533 g/mol. The molecule has 4 unspecified atom stereocenters. The zero-order chi connectivity index (χ0) is 25.8. The van der Waals surface area contributed by atoms with Crippen LogP contribution in [0.15, 0.2) is 12.2 Å². The van der Waals surface area contributed by atoms with Crippen LogP contribution in [0.5, 0.6) is 0 Å². The van der Waals surface area contributed by atoms with Crippen molar-refractivity contribution in [3.63, 3.8) is 0 Å². The van der Waals surface area contributed by atoms with Crippen molar-refractivity contribution in [2.45, 2.75) is 46.3 Å². The highest BCUT2D eigenvalue weighted by molar-refractivity contribution is 7.63. The van der Waals surface area contributed by atoms with E-state index in [1.54, 1.807) is 20.8 Å². The molecule has 7 atom stereocenters. The minimum atomic E-state index is -3.34. The fourth-order valence-corrected chi connectivity index (χ4v) is 10.9. The molecule has 198 valence electrons. The van der Waals surface area contributed by atoms with Crippen molar-refractivity contribution in [3.8, 4) is 0 Å². The van der Waals surface area contributed by atoms with E-state index >= 15 is 0 Å². The number of amides is 2. The van der Waals surface area contributed by atoms with Gasteiger partial charge in [-0.05, 0) is 27.2 Å². The lowest BCUT2D eigenvalue weighted by Crippen LogP contribution is -2.36. The molecule has 0 aromatic carbocycles. The molecule has 0 N–H and O–H groups in total. The molecule has 2 amide bonds. The Morgan fingerprint density at radius 3 is 1.97 bits per heavy atom. The van der Waals surface area contributed by atoms with Crippen LogP contribution in [0.1, 0.15) is 34.1 Å². The summed E-state index contributed by atoms with van der Waals surface area (Å²) in [6, 6.07) is 0. The lowest BCUT2D eigenvalue weighted by atomic mass is 9.85. The zero-order valence-corrected chi connectivity index (χ0v) is 22.7. The fraction of sp³-hybridized carbons (Fsp3) is 0.783.